The number of likely N-dealkylation sites (N-methyl/N-ethyl adjacent to an activating group) is 1. The topological polar surface area (TPSA) is 45.2 Å². The Labute approximate surface area is 119 Å². The van der Waals surface area contributed by atoms with E-state index in [1.54, 1.807) is 11.3 Å². The summed E-state index contributed by atoms with van der Waals surface area (Å²) in [4.78, 5) is 18.9. The minimum atomic E-state index is 0.0125. The summed E-state index contributed by atoms with van der Waals surface area (Å²) in [7, 11) is 1.96. The highest BCUT2D eigenvalue weighted by Gasteiger charge is 2.26. The van der Waals surface area contributed by atoms with Crippen molar-refractivity contribution in [1.82, 2.24) is 15.2 Å². The monoisotopic (exact) mass is 281 g/mol. The van der Waals surface area contributed by atoms with Crippen LogP contribution in [0.5, 0.6) is 0 Å². The summed E-state index contributed by atoms with van der Waals surface area (Å²) in [5.74, 6) is 0.0756. The van der Waals surface area contributed by atoms with Crippen molar-refractivity contribution in [3.8, 4) is 0 Å². The fourth-order valence-electron chi connectivity index (χ4n) is 2.28. The number of piperidine rings is 1. The first kappa shape index (κ1) is 14.5. The molecule has 1 aliphatic rings. The van der Waals surface area contributed by atoms with Crippen molar-refractivity contribution in [2.24, 2.45) is 0 Å². The second-order valence-corrected chi connectivity index (χ2v) is 7.02. The maximum atomic E-state index is 12.4. The minimum absolute atomic E-state index is 0.0125. The predicted molar refractivity (Wildman–Crippen MR) is 78.8 cm³/mol. The first-order valence-corrected chi connectivity index (χ1v) is 7.72. The standard InChI is InChI=1S/C14H23N3OS/c1-14(2,3)13-16-11(9-19-13)12(18)17-7-5-6-10(8-17)15-4/h9-10,15H,5-8H2,1-4H3. The lowest BCUT2D eigenvalue weighted by Crippen LogP contribution is -2.47. The minimum Gasteiger partial charge on any atom is -0.336 e. The highest BCUT2D eigenvalue weighted by molar-refractivity contribution is 7.10. The number of amides is 1. The van der Waals surface area contributed by atoms with Gasteiger partial charge >= 0.3 is 0 Å². The number of hydrogen-bond donors (Lipinski definition) is 1. The first-order valence-electron chi connectivity index (χ1n) is 6.84. The van der Waals surface area contributed by atoms with Crippen LogP contribution >= 0.6 is 11.3 Å². The molecule has 0 spiro atoms. The van der Waals surface area contributed by atoms with Crippen LogP contribution in [-0.2, 0) is 5.41 Å². The smallest absolute Gasteiger partial charge is 0.273 e. The number of rotatable bonds is 2. The van der Waals surface area contributed by atoms with Crippen molar-refractivity contribution >= 4 is 17.2 Å². The average Bonchev–Trinajstić information content (AvgIpc) is 2.87. The Morgan fingerprint density at radius 3 is 2.84 bits per heavy atom. The summed E-state index contributed by atoms with van der Waals surface area (Å²) in [5.41, 5.74) is 0.616. The van der Waals surface area contributed by atoms with Gasteiger partial charge in [0.05, 0.1) is 5.01 Å². The van der Waals surface area contributed by atoms with Crippen LogP contribution in [-0.4, -0.2) is 42.0 Å². The third-order valence-electron chi connectivity index (χ3n) is 3.48. The van der Waals surface area contributed by atoms with E-state index in [0.29, 0.717) is 11.7 Å². The van der Waals surface area contributed by atoms with E-state index < -0.39 is 0 Å². The first-order chi connectivity index (χ1) is 8.91. The molecule has 1 N–H and O–H groups in total. The van der Waals surface area contributed by atoms with Crippen LogP contribution in [0, 0.1) is 0 Å². The molecular formula is C14H23N3OS. The number of nitrogens with one attached hydrogen (secondary N) is 1. The zero-order valence-corrected chi connectivity index (χ0v) is 13.0. The van der Waals surface area contributed by atoms with Crippen LogP contribution in [0.1, 0.15) is 49.1 Å². The molecule has 4 nitrogen and oxygen atoms in total. The maximum Gasteiger partial charge on any atom is 0.273 e. The second kappa shape index (κ2) is 5.59. The molecule has 2 rings (SSSR count). The molecule has 0 radical (unpaired) electrons. The normalized spacial score (nSPS) is 20.6. The quantitative estimate of drug-likeness (QED) is 0.904. The number of carbonyl (C=O) groups excluding carboxylic acids is 1. The SMILES string of the molecule is CNC1CCCN(C(=O)c2csc(C(C)(C)C)n2)C1. The van der Waals surface area contributed by atoms with Gasteiger partial charge in [-0.25, -0.2) is 4.98 Å². The number of hydrogen-bond acceptors (Lipinski definition) is 4. The third kappa shape index (κ3) is 3.34. The van der Waals surface area contributed by atoms with Crippen LogP contribution in [0.25, 0.3) is 0 Å². The molecule has 2 heterocycles. The average molecular weight is 281 g/mol. The fourth-order valence-corrected chi connectivity index (χ4v) is 3.16. The van der Waals surface area contributed by atoms with E-state index in [2.05, 4.69) is 31.1 Å². The Bertz CT molecular complexity index is 450. The Balaban J connectivity index is 2.09. The molecule has 1 saturated heterocycles. The number of carbonyl (C=O) groups is 1. The van der Waals surface area contributed by atoms with E-state index in [1.807, 2.05) is 17.3 Å². The molecule has 19 heavy (non-hydrogen) atoms. The molecule has 1 unspecified atom stereocenters. The fraction of sp³-hybridized carbons (Fsp3) is 0.714. The highest BCUT2D eigenvalue weighted by atomic mass is 32.1. The Morgan fingerprint density at radius 1 is 1.53 bits per heavy atom. The van der Waals surface area contributed by atoms with Gasteiger partial charge in [-0.2, -0.15) is 0 Å². The molecular weight excluding hydrogens is 258 g/mol. The predicted octanol–water partition coefficient (Wildman–Crippen LogP) is 2.26. The molecule has 0 saturated carbocycles. The van der Waals surface area contributed by atoms with E-state index in [9.17, 15) is 4.79 Å². The molecule has 5 heteroatoms. The lowest BCUT2D eigenvalue weighted by Gasteiger charge is -2.32. The summed E-state index contributed by atoms with van der Waals surface area (Å²) < 4.78 is 0. The van der Waals surface area contributed by atoms with Crippen LogP contribution in [0.3, 0.4) is 0 Å². The summed E-state index contributed by atoms with van der Waals surface area (Å²) in [6, 6.07) is 0.415. The van der Waals surface area contributed by atoms with Gasteiger partial charge in [0.15, 0.2) is 0 Å². The van der Waals surface area contributed by atoms with Crippen molar-refractivity contribution in [2.75, 3.05) is 20.1 Å². The van der Waals surface area contributed by atoms with E-state index in [4.69, 9.17) is 0 Å². The zero-order chi connectivity index (χ0) is 14.0. The Hall–Kier alpha value is -0.940. The number of nitrogens with zero attached hydrogens (tertiary/aromatic N) is 2. The molecule has 1 aliphatic heterocycles. The van der Waals surface area contributed by atoms with Crippen LogP contribution in [0.4, 0.5) is 0 Å². The molecule has 106 valence electrons. The van der Waals surface area contributed by atoms with E-state index in [1.165, 1.54) is 0 Å². The van der Waals surface area contributed by atoms with Gasteiger partial charge in [0.25, 0.3) is 5.91 Å². The Morgan fingerprint density at radius 2 is 2.26 bits per heavy atom. The van der Waals surface area contributed by atoms with Crippen molar-refractivity contribution in [3.63, 3.8) is 0 Å². The Kier molecular flexibility index (Phi) is 4.26. The second-order valence-electron chi connectivity index (χ2n) is 6.17. The van der Waals surface area contributed by atoms with Crippen molar-refractivity contribution in [1.29, 1.82) is 0 Å². The van der Waals surface area contributed by atoms with Gasteiger partial charge < -0.3 is 10.2 Å². The van der Waals surface area contributed by atoms with E-state index in [-0.39, 0.29) is 11.3 Å². The summed E-state index contributed by atoms with van der Waals surface area (Å²) in [5, 5.41) is 6.18. The lowest BCUT2D eigenvalue weighted by molar-refractivity contribution is 0.0692. The summed E-state index contributed by atoms with van der Waals surface area (Å²) in [6.45, 7) is 8.01. The van der Waals surface area contributed by atoms with Crippen LogP contribution in [0.15, 0.2) is 5.38 Å². The van der Waals surface area contributed by atoms with Gasteiger partial charge in [-0.1, -0.05) is 20.8 Å². The van der Waals surface area contributed by atoms with Gasteiger partial charge in [-0.05, 0) is 19.9 Å². The van der Waals surface area contributed by atoms with E-state index in [0.717, 1.165) is 30.9 Å². The van der Waals surface area contributed by atoms with Crippen molar-refractivity contribution < 1.29 is 4.79 Å². The molecule has 1 amide bonds. The van der Waals surface area contributed by atoms with Crippen molar-refractivity contribution in [3.05, 3.63) is 16.1 Å². The largest absolute Gasteiger partial charge is 0.336 e. The lowest BCUT2D eigenvalue weighted by atomic mass is 9.98. The zero-order valence-electron chi connectivity index (χ0n) is 12.2. The summed E-state index contributed by atoms with van der Waals surface area (Å²) >= 11 is 1.58. The van der Waals surface area contributed by atoms with Gasteiger partial charge in [0.2, 0.25) is 0 Å². The highest BCUT2D eigenvalue weighted by Crippen LogP contribution is 2.26. The molecule has 0 aliphatic carbocycles. The van der Waals surface area contributed by atoms with Crippen molar-refractivity contribution in [2.45, 2.75) is 45.1 Å². The van der Waals surface area contributed by atoms with Crippen LogP contribution < -0.4 is 5.32 Å². The molecule has 0 aromatic carbocycles. The maximum absolute atomic E-state index is 12.4. The van der Waals surface area contributed by atoms with Crippen LogP contribution in [0.2, 0.25) is 0 Å². The third-order valence-corrected chi connectivity index (χ3v) is 4.75. The number of likely N-dealkylation sites (tertiary alicyclic amines) is 1. The van der Waals surface area contributed by atoms with E-state index >= 15 is 0 Å². The summed E-state index contributed by atoms with van der Waals surface area (Å²) in [6.07, 6.45) is 2.21. The van der Waals surface area contributed by atoms with Gasteiger partial charge in [-0.3, -0.25) is 4.79 Å². The number of thiazole rings is 1. The van der Waals surface area contributed by atoms with Gasteiger partial charge in [-0.15, -0.1) is 11.3 Å². The van der Waals surface area contributed by atoms with Gasteiger partial charge in [0, 0.05) is 29.9 Å². The van der Waals surface area contributed by atoms with Gasteiger partial charge in [0.1, 0.15) is 5.69 Å². The molecule has 1 atom stereocenters. The number of aromatic nitrogens is 1. The molecule has 0 bridgehead atoms. The molecule has 1 fully saturated rings. The molecule has 1 aromatic heterocycles. The molecule has 1 aromatic rings.